The summed E-state index contributed by atoms with van der Waals surface area (Å²) in [4.78, 5) is 14.2. The topological polar surface area (TPSA) is 41.6 Å². The number of amides is 1. The highest BCUT2D eigenvalue weighted by Crippen LogP contribution is 2.08. The number of carbonyl (C=O) groups is 1. The SMILES string of the molecule is CN1CCOC(CNC(=O)c2cccc(I)c2)C1. The molecule has 0 aromatic heterocycles. The summed E-state index contributed by atoms with van der Waals surface area (Å²) in [5, 5.41) is 2.92. The molecule has 2 rings (SSSR count). The Labute approximate surface area is 121 Å². The van der Waals surface area contributed by atoms with Gasteiger partial charge in [-0.3, -0.25) is 4.79 Å². The lowest BCUT2D eigenvalue weighted by molar-refractivity contribution is -0.0175. The minimum Gasteiger partial charge on any atom is -0.374 e. The van der Waals surface area contributed by atoms with Gasteiger partial charge in [0.25, 0.3) is 5.91 Å². The van der Waals surface area contributed by atoms with Gasteiger partial charge in [0.2, 0.25) is 0 Å². The summed E-state index contributed by atoms with van der Waals surface area (Å²) < 4.78 is 6.66. The van der Waals surface area contributed by atoms with Gasteiger partial charge >= 0.3 is 0 Å². The molecule has 1 saturated heterocycles. The molecule has 1 aliphatic heterocycles. The Hall–Kier alpha value is -0.660. The van der Waals surface area contributed by atoms with E-state index in [4.69, 9.17) is 4.74 Å². The molecule has 98 valence electrons. The molecule has 1 aromatic rings. The van der Waals surface area contributed by atoms with Gasteiger partial charge in [0.05, 0.1) is 12.7 Å². The fraction of sp³-hybridized carbons (Fsp3) is 0.462. The lowest BCUT2D eigenvalue weighted by Gasteiger charge is -2.30. The molecule has 0 saturated carbocycles. The zero-order valence-corrected chi connectivity index (χ0v) is 12.5. The highest BCUT2D eigenvalue weighted by molar-refractivity contribution is 14.1. The number of nitrogens with one attached hydrogen (secondary N) is 1. The van der Waals surface area contributed by atoms with Crippen molar-refractivity contribution in [3.63, 3.8) is 0 Å². The van der Waals surface area contributed by atoms with Crippen LogP contribution in [0.2, 0.25) is 0 Å². The third-order valence-electron chi connectivity index (χ3n) is 2.92. The molecule has 1 unspecified atom stereocenters. The van der Waals surface area contributed by atoms with Crippen LogP contribution in [0, 0.1) is 3.57 Å². The summed E-state index contributed by atoms with van der Waals surface area (Å²) in [7, 11) is 2.07. The molecule has 0 radical (unpaired) electrons. The van der Waals surface area contributed by atoms with Crippen LogP contribution in [0.4, 0.5) is 0 Å². The summed E-state index contributed by atoms with van der Waals surface area (Å²) in [6.45, 7) is 3.13. The van der Waals surface area contributed by atoms with E-state index in [9.17, 15) is 4.79 Å². The molecule has 1 aromatic carbocycles. The lowest BCUT2D eigenvalue weighted by atomic mass is 10.2. The molecule has 0 aliphatic carbocycles. The molecule has 0 spiro atoms. The van der Waals surface area contributed by atoms with E-state index in [1.54, 1.807) is 0 Å². The van der Waals surface area contributed by atoms with Gasteiger partial charge in [-0.2, -0.15) is 0 Å². The molecule has 0 bridgehead atoms. The van der Waals surface area contributed by atoms with Crippen LogP contribution in [0.1, 0.15) is 10.4 Å². The van der Waals surface area contributed by atoms with E-state index >= 15 is 0 Å². The van der Waals surface area contributed by atoms with Gasteiger partial charge in [-0.15, -0.1) is 0 Å². The summed E-state index contributed by atoms with van der Waals surface area (Å²) in [6, 6.07) is 7.56. The van der Waals surface area contributed by atoms with Crippen molar-refractivity contribution in [2.75, 3.05) is 33.3 Å². The number of benzene rings is 1. The maximum Gasteiger partial charge on any atom is 0.251 e. The number of carbonyl (C=O) groups excluding carboxylic acids is 1. The van der Waals surface area contributed by atoms with Crippen molar-refractivity contribution in [3.05, 3.63) is 33.4 Å². The molecule has 1 aliphatic rings. The highest BCUT2D eigenvalue weighted by atomic mass is 127. The van der Waals surface area contributed by atoms with E-state index in [0.717, 1.165) is 23.3 Å². The predicted octanol–water partition coefficient (Wildman–Crippen LogP) is 1.35. The third-order valence-corrected chi connectivity index (χ3v) is 3.59. The first-order valence-corrected chi connectivity index (χ1v) is 7.07. The average Bonchev–Trinajstić information content (AvgIpc) is 2.36. The summed E-state index contributed by atoms with van der Waals surface area (Å²) in [5.41, 5.74) is 0.700. The van der Waals surface area contributed by atoms with Crippen molar-refractivity contribution in [2.24, 2.45) is 0 Å². The minimum absolute atomic E-state index is 0.0367. The number of nitrogens with zero attached hydrogens (tertiary/aromatic N) is 1. The van der Waals surface area contributed by atoms with Gasteiger partial charge < -0.3 is 15.0 Å². The van der Waals surface area contributed by atoms with E-state index in [1.807, 2.05) is 24.3 Å². The molecule has 4 nitrogen and oxygen atoms in total. The zero-order chi connectivity index (χ0) is 13.0. The van der Waals surface area contributed by atoms with E-state index in [2.05, 4.69) is 39.9 Å². The summed E-state index contributed by atoms with van der Waals surface area (Å²) in [6.07, 6.45) is 0.0930. The predicted molar refractivity (Wildman–Crippen MR) is 78.7 cm³/mol. The lowest BCUT2D eigenvalue weighted by Crippen LogP contribution is -2.45. The van der Waals surface area contributed by atoms with Crippen molar-refractivity contribution in [2.45, 2.75) is 6.10 Å². The Morgan fingerprint density at radius 1 is 1.61 bits per heavy atom. The van der Waals surface area contributed by atoms with E-state index in [-0.39, 0.29) is 12.0 Å². The molecule has 1 fully saturated rings. The first-order chi connectivity index (χ1) is 8.65. The largest absolute Gasteiger partial charge is 0.374 e. The molecule has 18 heavy (non-hydrogen) atoms. The van der Waals surface area contributed by atoms with Crippen LogP contribution in [0.3, 0.4) is 0 Å². The molecular weight excluding hydrogens is 343 g/mol. The maximum absolute atomic E-state index is 11.9. The van der Waals surface area contributed by atoms with Crippen molar-refractivity contribution in [1.82, 2.24) is 10.2 Å². The van der Waals surface area contributed by atoms with Crippen molar-refractivity contribution >= 4 is 28.5 Å². The van der Waals surface area contributed by atoms with Gasteiger partial charge in [-0.05, 0) is 47.8 Å². The van der Waals surface area contributed by atoms with Crippen LogP contribution in [-0.2, 0) is 4.74 Å². The minimum atomic E-state index is -0.0367. The van der Waals surface area contributed by atoms with Crippen LogP contribution in [0.25, 0.3) is 0 Å². The Balaban J connectivity index is 1.84. The second-order valence-corrected chi connectivity index (χ2v) is 5.72. The highest BCUT2D eigenvalue weighted by Gasteiger charge is 2.18. The second kappa shape index (κ2) is 6.49. The standard InChI is InChI=1S/C13H17IN2O2/c1-16-5-6-18-12(9-16)8-15-13(17)10-3-2-4-11(14)7-10/h2-4,7,12H,5-6,8-9H2,1H3,(H,15,17). The maximum atomic E-state index is 11.9. The number of hydrogen-bond acceptors (Lipinski definition) is 3. The first kappa shape index (κ1) is 13.8. The monoisotopic (exact) mass is 360 g/mol. The summed E-state index contributed by atoms with van der Waals surface area (Å²) in [5.74, 6) is -0.0367. The number of halogens is 1. The fourth-order valence-electron chi connectivity index (χ4n) is 1.93. The van der Waals surface area contributed by atoms with Crippen LogP contribution in [0.15, 0.2) is 24.3 Å². The van der Waals surface area contributed by atoms with E-state index in [1.165, 1.54) is 0 Å². The number of hydrogen-bond donors (Lipinski definition) is 1. The smallest absolute Gasteiger partial charge is 0.251 e. The Kier molecular flexibility index (Phi) is 4.96. The van der Waals surface area contributed by atoms with Crippen LogP contribution in [0.5, 0.6) is 0 Å². The number of ether oxygens (including phenoxy) is 1. The fourth-order valence-corrected chi connectivity index (χ4v) is 2.47. The van der Waals surface area contributed by atoms with E-state index in [0.29, 0.717) is 12.1 Å². The van der Waals surface area contributed by atoms with Crippen LogP contribution >= 0.6 is 22.6 Å². The van der Waals surface area contributed by atoms with Crippen molar-refractivity contribution < 1.29 is 9.53 Å². The average molecular weight is 360 g/mol. The summed E-state index contributed by atoms with van der Waals surface area (Å²) >= 11 is 2.20. The molecule has 1 amide bonds. The quantitative estimate of drug-likeness (QED) is 0.828. The van der Waals surface area contributed by atoms with Gasteiger partial charge in [0.15, 0.2) is 0 Å². The van der Waals surface area contributed by atoms with Crippen LogP contribution in [-0.4, -0.2) is 50.2 Å². The molecular formula is C13H17IN2O2. The second-order valence-electron chi connectivity index (χ2n) is 4.48. The molecule has 1 heterocycles. The zero-order valence-electron chi connectivity index (χ0n) is 10.4. The molecule has 5 heteroatoms. The molecule has 1 atom stereocenters. The molecule has 1 N–H and O–H groups in total. The van der Waals surface area contributed by atoms with Crippen LogP contribution < -0.4 is 5.32 Å². The van der Waals surface area contributed by atoms with Crippen molar-refractivity contribution in [1.29, 1.82) is 0 Å². The van der Waals surface area contributed by atoms with Crippen molar-refractivity contribution in [3.8, 4) is 0 Å². The third kappa shape index (κ3) is 3.93. The number of rotatable bonds is 3. The van der Waals surface area contributed by atoms with E-state index < -0.39 is 0 Å². The van der Waals surface area contributed by atoms with Gasteiger partial charge in [0.1, 0.15) is 0 Å². The normalized spacial score (nSPS) is 20.7. The Morgan fingerprint density at radius 2 is 2.44 bits per heavy atom. The number of likely N-dealkylation sites (N-methyl/N-ethyl adjacent to an activating group) is 1. The first-order valence-electron chi connectivity index (χ1n) is 5.99. The number of morpholine rings is 1. The Bertz CT molecular complexity index is 425. The van der Waals surface area contributed by atoms with Gasteiger partial charge in [0, 0.05) is 28.8 Å². The van der Waals surface area contributed by atoms with Gasteiger partial charge in [-0.25, -0.2) is 0 Å². The van der Waals surface area contributed by atoms with Gasteiger partial charge in [-0.1, -0.05) is 6.07 Å². The Morgan fingerprint density at radius 3 is 3.17 bits per heavy atom.